The van der Waals surface area contributed by atoms with Gasteiger partial charge in [-0.1, -0.05) is 5.16 Å². The molecule has 0 aliphatic heterocycles. The molecular weight excluding hydrogens is 376 g/mol. The summed E-state index contributed by atoms with van der Waals surface area (Å²) in [5.41, 5.74) is 1.36. The van der Waals surface area contributed by atoms with Gasteiger partial charge in [0.05, 0.1) is 12.1 Å². The number of rotatable bonds is 8. The molecule has 0 aromatic carbocycles. The van der Waals surface area contributed by atoms with Gasteiger partial charge >= 0.3 is 0 Å². The summed E-state index contributed by atoms with van der Waals surface area (Å²) in [7, 11) is -0.0392. The van der Waals surface area contributed by atoms with Gasteiger partial charge in [0, 0.05) is 6.54 Å². The topological polar surface area (TPSA) is 105 Å². The molecule has 2 N–H and O–H groups in total. The lowest BCUT2D eigenvalue weighted by molar-refractivity contribution is -0.122. The van der Waals surface area contributed by atoms with Gasteiger partial charge in [0.2, 0.25) is 15.9 Å². The highest BCUT2D eigenvalue weighted by molar-refractivity contribution is 7.89. The summed E-state index contributed by atoms with van der Waals surface area (Å²) in [5.74, 6) is -0.213. The van der Waals surface area contributed by atoms with Crippen LogP contribution in [0.4, 0.5) is 0 Å². The Kier molecular flexibility index (Phi) is 6.56. The van der Waals surface area contributed by atoms with Crippen molar-refractivity contribution in [3.63, 3.8) is 0 Å². The van der Waals surface area contributed by atoms with Crippen LogP contribution < -0.4 is 10.0 Å². The summed E-state index contributed by atoms with van der Waals surface area (Å²) in [5, 5.41) is 10.5. The monoisotopic (exact) mass is 400 g/mol. The molecule has 0 radical (unpaired) electrons. The fraction of sp³-hybridized carbons (Fsp3) is 0.500. The Labute approximate surface area is 157 Å². The van der Waals surface area contributed by atoms with Crippen molar-refractivity contribution in [2.45, 2.75) is 37.8 Å². The Bertz CT molecular complexity index is 824. The smallest absolute Gasteiger partial charge is 0.246 e. The normalized spacial score (nSPS) is 14.4. The van der Waals surface area contributed by atoms with Crippen LogP contribution >= 0.6 is 11.3 Å². The molecule has 0 fully saturated rings. The average Bonchev–Trinajstić information content (AvgIpc) is 3.16. The zero-order valence-corrected chi connectivity index (χ0v) is 17.1. The van der Waals surface area contributed by atoms with Crippen molar-refractivity contribution in [1.82, 2.24) is 20.1 Å². The number of carbonyl (C=O) groups excluding carboxylic acids is 1. The van der Waals surface area contributed by atoms with Crippen LogP contribution in [0.2, 0.25) is 0 Å². The Hall–Kier alpha value is -1.75. The quantitative estimate of drug-likeness (QED) is 0.695. The number of thiophene rings is 1. The first kappa shape index (κ1) is 20.6. The number of nitrogens with one attached hydrogen (secondary N) is 2. The van der Waals surface area contributed by atoms with Crippen molar-refractivity contribution >= 4 is 27.3 Å². The fourth-order valence-corrected chi connectivity index (χ4v) is 4.86. The molecule has 0 spiro atoms. The maximum Gasteiger partial charge on any atom is 0.246 e. The van der Waals surface area contributed by atoms with Crippen molar-refractivity contribution in [3.8, 4) is 0 Å². The van der Waals surface area contributed by atoms with E-state index in [0.29, 0.717) is 6.54 Å². The van der Waals surface area contributed by atoms with Gasteiger partial charge in [-0.2, -0.15) is 16.1 Å². The third-order valence-electron chi connectivity index (χ3n) is 3.98. The van der Waals surface area contributed by atoms with Crippen molar-refractivity contribution in [2.75, 3.05) is 20.6 Å². The molecule has 2 aromatic heterocycles. The SMILES string of the molecule is Cc1noc(C)c1S(=O)(=O)N[C@@H](C)C(=O)NCC(c1ccsc1)N(C)C. The van der Waals surface area contributed by atoms with Gasteiger partial charge in [-0.25, -0.2) is 8.42 Å². The first-order valence-electron chi connectivity index (χ1n) is 8.05. The molecule has 0 saturated heterocycles. The molecule has 1 amide bonds. The van der Waals surface area contributed by atoms with Gasteiger partial charge in [0.1, 0.15) is 10.6 Å². The third kappa shape index (κ3) is 4.70. The zero-order valence-electron chi connectivity index (χ0n) is 15.4. The van der Waals surface area contributed by atoms with E-state index in [-0.39, 0.29) is 22.4 Å². The van der Waals surface area contributed by atoms with Crippen LogP contribution in [0.15, 0.2) is 26.2 Å². The number of nitrogens with zero attached hydrogens (tertiary/aromatic N) is 2. The van der Waals surface area contributed by atoms with Gasteiger partial charge in [-0.05, 0) is 57.3 Å². The minimum atomic E-state index is -3.90. The molecule has 2 atom stereocenters. The van der Waals surface area contributed by atoms with E-state index in [4.69, 9.17) is 4.52 Å². The van der Waals surface area contributed by atoms with E-state index in [9.17, 15) is 13.2 Å². The molecule has 26 heavy (non-hydrogen) atoms. The molecule has 2 heterocycles. The van der Waals surface area contributed by atoms with Crippen LogP contribution in [0.3, 0.4) is 0 Å². The number of amides is 1. The van der Waals surface area contributed by atoms with E-state index in [1.807, 2.05) is 35.8 Å². The van der Waals surface area contributed by atoms with Gasteiger partial charge in [-0.15, -0.1) is 0 Å². The molecule has 1 unspecified atom stereocenters. The fourth-order valence-electron chi connectivity index (χ4n) is 2.62. The second-order valence-corrected chi connectivity index (χ2v) is 8.71. The maximum atomic E-state index is 12.5. The standard InChI is InChI=1S/C16H24N4O4S2/c1-10-15(12(3)24-18-10)26(22,23)19-11(2)16(21)17-8-14(20(4)5)13-6-7-25-9-13/h6-7,9,11,14,19H,8H2,1-5H3,(H,17,21)/t11-,14?/m0/s1. The molecule has 0 aliphatic carbocycles. The zero-order chi connectivity index (χ0) is 19.5. The molecule has 8 nitrogen and oxygen atoms in total. The van der Waals surface area contributed by atoms with E-state index in [1.165, 1.54) is 13.8 Å². The molecular formula is C16H24N4O4S2. The number of carbonyl (C=O) groups is 1. The Morgan fingerprint density at radius 2 is 2.08 bits per heavy atom. The first-order valence-corrected chi connectivity index (χ1v) is 10.5. The maximum absolute atomic E-state index is 12.5. The van der Waals surface area contributed by atoms with Crippen molar-refractivity contribution in [3.05, 3.63) is 33.8 Å². The number of likely N-dealkylation sites (N-methyl/N-ethyl adjacent to an activating group) is 1. The van der Waals surface area contributed by atoms with Crippen LogP contribution in [0.25, 0.3) is 0 Å². The minimum Gasteiger partial charge on any atom is -0.360 e. The first-order chi connectivity index (χ1) is 12.1. The van der Waals surface area contributed by atoms with Crippen LogP contribution in [-0.2, 0) is 14.8 Å². The predicted octanol–water partition coefficient (Wildman–Crippen LogP) is 1.44. The van der Waals surface area contributed by atoms with E-state index in [0.717, 1.165) is 5.56 Å². The number of aryl methyl sites for hydroxylation is 2. The van der Waals surface area contributed by atoms with Crippen LogP contribution in [-0.4, -0.2) is 51.1 Å². The van der Waals surface area contributed by atoms with E-state index < -0.39 is 22.0 Å². The van der Waals surface area contributed by atoms with Gasteiger partial charge in [0.25, 0.3) is 0 Å². The Morgan fingerprint density at radius 1 is 1.38 bits per heavy atom. The van der Waals surface area contributed by atoms with Crippen LogP contribution in [0, 0.1) is 13.8 Å². The molecule has 2 rings (SSSR count). The summed E-state index contributed by atoms with van der Waals surface area (Å²) >= 11 is 1.59. The van der Waals surface area contributed by atoms with Crippen LogP contribution in [0.1, 0.15) is 30.0 Å². The molecule has 144 valence electrons. The van der Waals surface area contributed by atoms with Crippen molar-refractivity contribution in [2.24, 2.45) is 0 Å². The highest BCUT2D eigenvalue weighted by Gasteiger charge is 2.28. The molecule has 0 aliphatic rings. The molecule has 2 aromatic rings. The summed E-state index contributed by atoms with van der Waals surface area (Å²) < 4.78 is 32.2. The average molecular weight is 401 g/mol. The van der Waals surface area contributed by atoms with E-state index in [1.54, 1.807) is 18.3 Å². The third-order valence-corrected chi connectivity index (χ3v) is 6.47. The minimum absolute atomic E-state index is 0.0107. The number of hydrogen-bond donors (Lipinski definition) is 2. The summed E-state index contributed by atoms with van der Waals surface area (Å²) in [4.78, 5) is 14.3. The Balaban J connectivity index is 2.01. The summed E-state index contributed by atoms with van der Waals surface area (Å²) in [6.45, 7) is 4.93. The molecule has 0 saturated carbocycles. The second kappa shape index (κ2) is 8.30. The summed E-state index contributed by atoms with van der Waals surface area (Å²) in [6, 6.07) is 1.08. The van der Waals surface area contributed by atoms with Crippen molar-refractivity contribution < 1.29 is 17.7 Å². The van der Waals surface area contributed by atoms with E-state index >= 15 is 0 Å². The van der Waals surface area contributed by atoms with Gasteiger partial charge in [0.15, 0.2) is 5.76 Å². The van der Waals surface area contributed by atoms with E-state index in [2.05, 4.69) is 15.2 Å². The lowest BCUT2D eigenvalue weighted by atomic mass is 10.1. The Morgan fingerprint density at radius 3 is 2.58 bits per heavy atom. The lowest BCUT2D eigenvalue weighted by Crippen LogP contribution is -2.46. The molecule has 0 bridgehead atoms. The van der Waals surface area contributed by atoms with Gasteiger partial charge in [-0.3, -0.25) is 4.79 Å². The number of hydrogen-bond acceptors (Lipinski definition) is 7. The lowest BCUT2D eigenvalue weighted by Gasteiger charge is -2.25. The number of sulfonamides is 1. The highest BCUT2D eigenvalue weighted by Crippen LogP contribution is 2.20. The second-order valence-electron chi connectivity index (χ2n) is 6.28. The largest absolute Gasteiger partial charge is 0.360 e. The van der Waals surface area contributed by atoms with Crippen LogP contribution in [0.5, 0.6) is 0 Å². The highest BCUT2D eigenvalue weighted by atomic mass is 32.2. The number of aromatic nitrogens is 1. The molecule has 10 heteroatoms. The van der Waals surface area contributed by atoms with Gasteiger partial charge < -0.3 is 14.7 Å². The summed E-state index contributed by atoms with van der Waals surface area (Å²) in [6.07, 6.45) is 0. The predicted molar refractivity (Wildman–Crippen MR) is 99.5 cm³/mol. The van der Waals surface area contributed by atoms with Crippen molar-refractivity contribution in [1.29, 1.82) is 0 Å².